The number of thioether (sulfide) groups is 1. The van der Waals surface area contributed by atoms with Crippen LogP contribution in [0, 0.1) is 0 Å². The van der Waals surface area contributed by atoms with Gasteiger partial charge in [0.2, 0.25) is 0 Å². The van der Waals surface area contributed by atoms with E-state index in [0.717, 1.165) is 10.8 Å². The van der Waals surface area contributed by atoms with E-state index in [-0.39, 0.29) is 0 Å². The smallest absolute Gasteiger partial charge is 0.0449 e. The summed E-state index contributed by atoms with van der Waals surface area (Å²) in [4.78, 5) is 0. The van der Waals surface area contributed by atoms with E-state index >= 15 is 0 Å². The Bertz CT molecular complexity index is 340. The average Bonchev–Trinajstić information content (AvgIpc) is 2.18. The summed E-state index contributed by atoms with van der Waals surface area (Å²) in [6, 6.07) is 6.62. The number of hydrogen-bond donors (Lipinski definition) is 1. The van der Waals surface area contributed by atoms with Crippen LogP contribution in [0.15, 0.2) is 18.2 Å². The highest BCUT2D eigenvalue weighted by Crippen LogP contribution is 2.39. The van der Waals surface area contributed by atoms with Crippen LogP contribution in [0.4, 0.5) is 0 Å². The van der Waals surface area contributed by atoms with Crippen molar-refractivity contribution < 1.29 is 0 Å². The molecule has 2 rings (SSSR count). The number of nitrogens with one attached hydrogen (secondary N) is 1. The minimum absolute atomic E-state index is 0.433. The highest BCUT2D eigenvalue weighted by molar-refractivity contribution is 7.99. The summed E-state index contributed by atoms with van der Waals surface area (Å²) in [6.07, 6.45) is 0. The molecule has 1 N–H and O–H groups in total. The van der Waals surface area contributed by atoms with Crippen molar-refractivity contribution in [3.8, 4) is 0 Å². The first kappa shape index (κ1) is 10.3. The molecule has 2 atom stereocenters. The number of halogens is 1. The molecule has 0 saturated heterocycles. The second kappa shape index (κ2) is 4.13. The zero-order valence-corrected chi connectivity index (χ0v) is 9.95. The van der Waals surface area contributed by atoms with Crippen LogP contribution in [-0.2, 0) is 5.75 Å². The molecule has 0 amide bonds. The number of fused-ring (bicyclic) bond motifs is 1. The molecule has 1 heterocycles. The molecule has 0 aliphatic carbocycles. The van der Waals surface area contributed by atoms with Crippen molar-refractivity contribution in [2.45, 2.75) is 24.0 Å². The van der Waals surface area contributed by atoms with Crippen LogP contribution < -0.4 is 5.32 Å². The lowest BCUT2D eigenvalue weighted by atomic mass is 9.98. The Morgan fingerprint density at radius 1 is 1.50 bits per heavy atom. The van der Waals surface area contributed by atoms with Crippen molar-refractivity contribution in [2.24, 2.45) is 0 Å². The third-order valence-electron chi connectivity index (χ3n) is 2.76. The van der Waals surface area contributed by atoms with Crippen molar-refractivity contribution in [3.63, 3.8) is 0 Å². The number of hydrogen-bond acceptors (Lipinski definition) is 2. The Hall–Kier alpha value is -0.180. The maximum atomic E-state index is 6.17. The van der Waals surface area contributed by atoms with Gasteiger partial charge in [-0.25, -0.2) is 0 Å². The summed E-state index contributed by atoms with van der Waals surface area (Å²) in [7, 11) is 2.01. The van der Waals surface area contributed by atoms with Crippen LogP contribution in [0.3, 0.4) is 0 Å². The predicted octanol–water partition coefficient (Wildman–Crippen LogP) is 3.24. The molecule has 1 aliphatic heterocycles. The fourth-order valence-electron chi connectivity index (χ4n) is 1.97. The zero-order chi connectivity index (χ0) is 10.1. The van der Waals surface area contributed by atoms with Gasteiger partial charge in [0.25, 0.3) is 0 Å². The maximum Gasteiger partial charge on any atom is 0.0449 e. The Morgan fingerprint density at radius 3 is 3.00 bits per heavy atom. The van der Waals surface area contributed by atoms with Crippen molar-refractivity contribution in [1.82, 2.24) is 5.32 Å². The molecule has 14 heavy (non-hydrogen) atoms. The summed E-state index contributed by atoms with van der Waals surface area (Å²) in [5, 5.41) is 4.88. The number of rotatable bonds is 1. The van der Waals surface area contributed by atoms with E-state index in [4.69, 9.17) is 11.6 Å². The van der Waals surface area contributed by atoms with Crippen LogP contribution >= 0.6 is 23.4 Å². The summed E-state index contributed by atoms with van der Waals surface area (Å²) < 4.78 is 0. The fraction of sp³-hybridized carbons (Fsp3) is 0.455. The Morgan fingerprint density at radius 2 is 2.29 bits per heavy atom. The van der Waals surface area contributed by atoms with Crippen LogP contribution in [-0.4, -0.2) is 12.3 Å². The zero-order valence-electron chi connectivity index (χ0n) is 8.38. The van der Waals surface area contributed by atoms with Gasteiger partial charge < -0.3 is 5.32 Å². The van der Waals surface area contributed by atoms with Gasteiger partial charge in [-0.1, -0.05) is 30.7 Å². The van der Waals surface area contributed by atoms with Crippen molar-refractivity contribution in [2.75, 3.05) is 7.05 Å². The molecule has 1 aromatic rings. The van der Waals surface area contributed by atoms with E-state index in [9.17, 15) is 0 Å². The molecule has 0 spiro atoms. The molecule has 2 unspecified atom stereocenters. The molecule has 76 valence electrons. The first-order valence-corrected chi connectivity index (χ1v) is 6.23. The first-order chi connectivity index (χ1) is 6.74. The highest BCUT2D eigenvalue weighted by atomic mass is 35.5. The van der Waals surface area contributed by atoms with E-state index < -0.39 is 0 Å². The minimum atomic E-state index is 0.433. The van der Waals surface area contributed by atoms with Crippen LogP contribution in [0.2, 0.25) is 5.02 Å². The third-order valence-corrected chi connectivity index (χ3v) is 4.37. The van der Waals surface area contributed by atoms with Gasteiger partial charge in [0, 0.05) is 22.1 Å². The van der Waals surface area contributed by atoms with Crippen LogP contribution in [0.25, 0.3) is 0 Å². The fourth-order valence-corrected chi connectivity index (χ4v) is 3.53. The van der Waals surface area contributed by atoms with Gasteiger partial charge in [0.1, 0.15) is 0 Å². The van der Waals surface area contributed by atoms with Crippen molar-refractivity contribution in [1.29, 1.82) is 0 Å². The molecule has 1 nitrogen and oxygen atoms in total. The topological polar surface area (TPSA) is 12.0 Å². The van der Waals surface area contributed by atoms with Gasteiger partial charge in [0.15, 0.2) is 0 Å². The van der Waals surface area contributed by atoms with Crippen molar-refractivity contribution >= 4 is 23.4 Å². The Labute approximate surface area is 94.2 Å². The normalized spacial score (nSPS) is 25.9. The van der Waals surface area contributed by atoms with E-state index in [1.54, 1.807) is 0 Å². The van der Waals surface area contributed by atoms with Gasteiger partial charge in [-0.15, -0.1) is 0 Å². The minimum Gasteiger partial charge on any atom is -0.312 e. The van der Waals surface area contributed by atoms with E-state index in [1.807, 2.05) is 30.9 Å². The molecule has 0 saturated carbocycles. The van der Waals surface area contributed by atoms with Gasteiger partial charge >= 0.3 is 0 Å². The van der Waals surface area contributed by atoms with Crippen LogP contribution in [0.1, 0.15) is 24.1 Å². The van der Waals surface area contributed by atoms with Gasteiger partial charge in [-0.2, -0.15) is 11.8 Å². The lowest BCUT2D eigenvalue weighted by Gasteiger charge is -2.31. The van der Waals surface area contributed by atoms with Crippen LogP contribution in [0.5, 0.6) is 0 Å². The average molecular weight is 228 g/mol. The standard InChI is InChI=1S/C11H14ClNS/c1-7-11(13-2)8-4-3-5-10(12)9(8)6-14-7/h3-5,7,11,13H,6H2,1-2H3. The molecule has 0 aromatic heterocycles. The molecular formula is C11H14ClNS. The molecule has 0 radical (unpaired) electrons. The summed E-state index contributed by atoms with van der Waals surface area (Å²) in [6.45, 7) is 2.26. The maximum absolute atomic E-state index is 6.17. The monoisotopic (exact) mass is 227 g/mol. The van der Waals surface area contributed by atoms with Gasteiger partial charge in [-0.3, -0.25) is 0 Å². The summed E-state index contributed by atoms with van der Waals surface area (Å²) in [5.74, 6) is 1.04. The summed E-state index contributed by atoms with van der Waals surface area (Å²) in [5.41, 5.74) is 2.67. The largest absolute Gasteiger partial charge is 0.312 e. The third kappa shape index (κ3) is 1.67. The lowest BCUT2D eigenvalue weighted by molar-refractivity contribution is 0.579. The molecule has 3 heteroatoms. The second-order valence-electron chi connectivity index (χ2n) is 3.59. The highest BCUT2D eigenvalue weighted by Gasteiger charge is 2.26. The lowest BCUT2D eigenvalue weighted by Crippen LogP contribution is -2.29. The van der Waals surface area contributed by atoms with Crippen molar-refractivity contribution in [3.05, 3.63) is 34.3 Å². The SMILES string of the molecule is CNC1c2cccc(Cl)c2CSC1C. The van der Waals surface area contributed by atoms with E-state index in [0.29, 0.717) is 11.3 Å². The molecule has 1 aliphatic rings. The molecule has 0 bridgehead atoms. The summed E-state index contributed by atoms with van der Waals surface area (Å²) >= 11 is 8.13. The first-order valence-electron chi connectivity index (χ1n) is 4.80. The predicted molar refractivity (Wildman–Crippen MR) is 64.0 cm³/mol. The Balaban J connectivity index is 2.46. The van der Waals surface area contributed by atoms with E-state index in [1.165, 1.54) is 11.1 Å². The van der Waals surface area contributed by atoms with Gasteiger partial charge in [0.05, 0.1) is 0 Å². The number of benzene rings is 1. The van der Waals surface area contributed by atoms with Gasteiger partial charge in [-0.05, 0) is 24.2 Å². The second-order valence-corrected chi connectivity index (χ2v) is 5.36. The molecule has 1 aromatic carbocycles. The Kier molecular flexibility index (Phi) is 3.05. The molecular weight excluding hydrogens is 214 g/mol. The quantitative estimate of drug-likeness (QED) is 0.791. The molecule has 0 fully saturated rings. The van der Waals surface area contributed by atoms with E-state index in [2.05, 4.69) is 18.3 Å².